The van der Waals surface area contributed by atoms with Crippen LogP contribution in [-0.2, 0) is 13.6 Å². The van der Waals surface area contributed by atoms with Gasteiger partial charge in [-0.25, -0.2) is 0 Å². The third kappa shape index (κ3) is 3.92. The van der Waals surface area contributed by atoms with Gasteiger partial charge in [0.1, 0.15) is 0 Å². The SMILES string of the molecule is CC(C)CC(C)NCc1cnn(C)c1. The topological polar surface area (TPSA) is 29.9 Å². The summed E-state index contributed by atoms with van der Waals surface area (Å²) in [6.45, 7) is 7.66. The predicted octanol–water partition coefficient (Wildman–Crippen LogP) is 1.94. The van der Waals surface area contributed by atoms with Gasteiger partial charge in [0, 0.05) is 31.4 Å². The number of nitrogens with zero attached hydrogens (tertiary/aromatic N) is 2. The van der Waals surface area contributed by atoms with Gasteiger partial charge in [-0.3, -0.25) is 4.68 Å². The predicted molar refractivity (Wildman–Crippen MR) is 59.0 cm³/mol. The average Bonchev–Trinajstić information content (AvgIpc) is 2.47. The van der Waals surface area contributed by atoms with Crippen molar-refractivity contribution in [3.8, 4) is 0 Å². The molecule has 1 rings (SSSR count). The van der Waals surface area contributed by atoms with E-state index in [1.165, 1.54) is 12.0 Å². The van der Waals surface area contributed by atoms with Crippen LogP contribution >= 0.6 is 0 Å². The zero-order valence-corrected chi connectivity index (χ0v) is 9.62. The van der Waals surface area contributed by atoms with Gasteiger partial charge in [-0.05, 0) is 19.3 Å². The molecule has 0 amide bonds. The molecule has 1 aromatic heterocycles. The number of rotatable bonds is 5. The third-order valence-electron chi connectivity index (χ3n) is 2.24. The van der Waals surface area contributed by atoms with Crippen LogP contribution in [0.4, 0.5) is 0 Å². The molecule has 3 heteroatoms. The lowest BCUT2D eigenvalue weighted by Crippen LogP contribution is -2.26. The Morgan fingerprint density at radius 1 is 1.43 bits per heavy atom. The van der Waals surface area contributed by atoms with Gasteiger partial charge in [-0.15, -0.1) is 0 Å². The first kappa shape index (κ1) is 11.2. The second-order valence-electron chi connectivity index (χ2n) is 4.43. The maximum Gasteiger partial charge on any atom is 0.0534 e. The van der Waals surface area contributed by atoms with Crippen molar-refractivity contribution in [2.75, 3.05) is 0 Å². The number of aryl methyl sites for hydroxylation is 1. The number of nitrogens with one attached hydrogen (secondary N) is 1. The summed E-state index contributed by atoms with van der Waals surface area (Å²) in [6.07, 6.45) is 5.18. The summed E-state index contributed by atoms with van der Waals surface area (Å²) < 4.78 is 1.84. The van der Waals surface area contributed by atoms with Gasteiger partial charge in [0.15, 0.2) is 0 Å². The summed E-state index contributed by atoms with van der Waals surface area (Å²) in [4.78, 5) is 0. The molecule has 80 valence electrons. The smallest absolute Gasteiger partial charge is 0.0534 e. The fraction of sp³-hybridized carbons (Fsp3) is 0.727. The Bertz CT molecular complexity index is 265. The highest BCUT2D eigenvalue weighted by Crippen LogP contribution is 2.05. The highest BCUT2D eigenvalue weighted by atomic mass is 15.2. The Morgan fingerprint density at radius 2 is 2.14 bits per heavy atom. The fourth-order valence-corrected chi connectivity index (χ4v) is 1.65. The lowest BCUT2D eigenvalue weighted by atomic mass is 10.1. The van der Waals surface area contributed by atoms with E-state index >= 15 is 0 Å². The van der Waals surface area contributed by atoms with Crippen molar-refractivity contribution in [3.05, 3.63) is 18.0 Å². The van der Waals surface area contributed by atoms with Gasteiger partial charge >= 0.3 is 0 Å². The molecule has 0 aliphatic rings. The molecule has 0 aromatic carbocycles. The van der Waals surface area contributed by atoms with Crippen LogP contribution in [0.2, 0.25) is 0 Å². The van der Waals surface area contributed by atoms with E-state index in [4.69, 9.17) is 0 Å². The molecule has 0 bridgehead atoms. The quantitative estimate of drug-likeness (QED) is 0.778. The highest BCUT2D eigenvalue weighted by molar-refractivity contribution is 5.02. The van der Waals surface area contributed by atoms with Crippen molar-refractivity contribution in [2.24, 2.45) is 13.0 Å². The monoisotopic (exact) mass is 195 g/mol. The first-order valence-electron chi connectivity index (χ1n) is 5.29. The molecule has 0 saturated carbocycles. The second kappa shape index (κ2) is 5.15. The zero-order chi connectivity index (χ0) is 10.6. The van der Waals surface area contributed by atoms with E-state index in [1.807, 2.05) is 17.9 Å². The van der Waals surface area contributed by atoms with E-state index in [0.29, 0.717) is 6.04 Å². The molecule has 1 N–H and O–H groups in total. The van der Waals surface area contributed by atoms with Crippen molar-refractivity contribution < 1.29 is 0 Å². The molecule has 0 spiro atoms. The fourth-order valence-electron chi connectivity index (χ4n) is 1.65. The number of hydrogen-bond donors (Lipinski definition) is 1. The molecule has 1 aromatic rings. The van der Waals surface area contributed by atoms with Gasteiger partial charge in [-0.1, -0.05) is 13.8 Å². The van der Waals surface area contributed by atoms with Gasteiger partial charge in [0.2, 0.25) is 0 Å². The van der Waals surface area contributed by atoms with Crippen molar-refractivity contribution in [1.29, 1.82) is 0 Å². The molecule has 1 unspecified atom stereocenters. The molecule has 0 saturated heterocycles. The number of aromatic nitrogens is 2. The lowest BCUT2D eigenvalue weighted by molar-refractivity contribution is 0.441. The Kier molecular flexibility index (Phi) is 4.14. The van der Waals surface area contributed by atoms with Crippen LogP contribution in [0.5, 0.6) is 0 Å². The van der Waals surface area contributed by atoms with E-state index in [9.17, 15) is 0 Å². The van der Waals surface area contributed by atoms with Crippen molar-refractivity contribution in [3.63, 3.8) is 0 Å². The molecule has 0 radical (unpaired) electrons. The van der Waals surface area contributed by atoms with Crippen LogP contribution in [0, 0.1) is 5.92 Å². The molecular weight excluding hydrogens is 174 g/mol. The van der Waals surface area contributed by atoms with Crippen LogP contribution in [-0.4, -0.2) is 15.8 Å². The minimum atomic E-state index is 0.579. The summed E-state index contributed by atoms with van der Waals surface area (Å²) >= 11 is 0. The molecule has 14 heavy (non-hydrogen) atoms. The second-order valence-corrected chi connectivity index (χ2v) is 4.43. The minimum absolute atomic E-state index is 0.579. The lowest BCUT2D eigenvalue weighted by Gasteiger charge is -2.14. The van der Waals surface area contributed by atoms with Crippen LogP contribution in [0.3, 0.4) is 0 Å². The molecule has 1 atom stereocenters. The van der Waals surface area contributed by atoms with Crippen molar-refractivity contribution >= 4 is 0 Å². The summed E-state index contributed by atoms with van der Waals surface area (Å²) in [5.41, 5.74) is 1.25. The summed E-state index contributed by atoms with van der Waals surface area (Å²) in [7, 11) is 1.95. The highest BCUT2D eigenvalue weighted by Gasteiger charge is 2.04. The molecule has 0 aliphatic heterocycles. The Balaban J connectivity index is 2.26. The van der Waals surface area contributed by atoms with Crippen molar-refractivity contribution in [1.82, 2.24) is 15.1 Å². The van der Waals surface area contributed by atoms with Crippen LogP contribution < -0.4 is 5.32 Å². The number of hydrogen-bond acceptors (Lipinski definition) is 2. The van der Waals surface area contributed by atoms with Crippen LogP contribution in [0.25, 0.3) is 0 Å². The molecule has 0 fully saturated rings. The van der Waals surface area contributed by atoms with Crippen LogP contribution in [0.15, 0.2) is 12.4 Å². The van der Waals surface area contributed by atoms with E-state index in [-0.39, 0.29) is 0 Å². The molecule has 0 aliphatic carbocycles. The summed E-state index contributed by atoms with van der Waals surface area (Å²) in [5, 5.41) is 7.62. The van der Waals surface area contributed by atoms with E-state index in [1.54, 1.807) is 0 Å². The Hall–Kier alpha value is -0.830. The Morgan fingerprint density at radius 3 is 2.64 bits per heavy atom. The normalized spacial score (nSPS) is 13.5. The summed E-state index contributed by atoms with van der Waals surface area (Å²) in [6, 6.07) is 0.579. The standard InChI is InChI=1S/C11H21N3/c1-9(2)5-10(3)12-6-11-7-13-14(4)8-11/h7-10,12H,5-6H2,1-4H3. The van der Waals surface area contributed by atoms with E-state index < -0.39 is 0 Å². The van der Waals surface area contributed by atoms with Gasteiger partial charge in [0.05, 0.1) is 6.20 Å². The maximum atomic E-state index is 4.13. The zero-order valence-electron chi connectivity index (χ0n) is 9.62. The molecule has 3 nitrogen and oxygen atoms in total. The van der Waals surface area contributed by atoms with Gasteiger partial charge < -0.3 is 5.32 Å². The van der Waals surface area contributed by atoms with Crippen LogP contribution in [0.1, 0.15) is 32.8 Å². The molecular formula is C11H21N3. The average molecular weight is 195 g/mol. The van der Waals surface area contributed by atoms with Gasteiger partial charge in [-0.2, -0.15) is 5.10 Å². The molecule has 1 heterocycles. The minimum Gasteiger partial charge on any atom is -0.310 e. The summed E-state index contributed by atoms with van der Waals surface area (Å²) in [5.74, 6) is 0.756. The Labute approximate surface area is 86.5 Å². The maximum absolute atomic E-state index is 4.13. The first-order chi connectivity index (χ1) is 6.58. The first-order valence-corrected chi connectivity index (χ1v) is 5.29. The van der Waals surface area contributed by atoms with Crippen molar-refractivity contribution in [2.45, 2.75) is 39.8 Å². The van der Waals surface area contributed by atoms with E-state index in [0.717, 1.165) is 12.5 Å². The van der Waals surface area contributed by atoms with Gasteiger partial charge in [0.25, 0.3) is 0 Å². The largest absolute Gasteiger partial charge is 0.310 e. The third-order valence-corrected chi connectivity index (χ3v) is 2.24. The van der Waals surface area contributed by atoms with E-state index in [2.05, 4.69) is 37.4 Å².